The Labute approximate surface area is 179 Å². The van der Waals surface area contributed by atoms with Crippen LogP contribution < -0.4 is 16.0 Å². The van der Waals surface area contributed by atoms with Gasteiger partial charge in [-0.25, -0.2) is 0 Å². The molecule has 0 bridgehead atoms. The Balaban J connectivity index is 1.58. The molecule has 2 heterocycles. The number of ether oxygens (including phenoxy) is 1. The Hall–Kier alpha value is -1.89. The maximum atomic E-state index is 5.65. The van der Waals surface area contributed by atoms with Gasteiger partial charge < -0.3 is 20.7 Å². The SMILES string of the molecule is CCc1ccc(CNC(=NC)NCC2(NC(C)c3ccccc3)CCOCC2)s1. The van der Waals surface area contributed by atoms with Crippen LogP contribution in [0.1, 0.15) is 48.0 Å². The lowest BCUT2D eigenvalue weighted by molar-refractivity contribution is 0.0355. The molecular weight excluding hydrogens is 380 g/mol. The number of rotatable bonds is 8. The first-order valence-electron chi connectivity index (χ1n) is 10.6. The summed E-state index contributed by atoms with van der Waals surface area (Å²) in [7, 11) is 1.83. The van der Waals surface area contributed by atoms with Gasteiger partial charge in [0.15, 0.2) is 5.96 Å². The molecule has 1 aromatic heterocycles. The topological polar surface area (TPSA) is 57.7 Å². The Morgan fingerprint density at radius 2 is 1.83 bits per heavy atom. The monoisotopic (exact) mass is 414 g/mol. The number of thiophene rings is 1. The minimum Gasteiger partial charge on any atom is -0.381 e. The van der Waals surface area contributed by atoms with Gasteiger partial charge in [0.2, 0.25) is 0 Å². The fourth-order valence-corrected chi connectivity index (χ4v) is 4.67. The van der Waals surface area contributed by atoms with Gasteiger partial charge in [-0.1, -0.05) is 37.3 Å². The van der Waals surface area contributed by atoms with Crippen LogP contribution in [0, 0.1) is 0 Å². The van der Waals surface area contributed by atoms with Crippen LogP contribution in [0.2, 0.25) is 0 Å². The average molecular weight is 415 g/mol. The van der Waals surface area contributed by atoms with Gasteiger partial charge in [0.05, 0.1) is 6.54 Å². The van der Waals surface area contributed by atoms with E-state index in [9.17, 15) is 0 Å². The van der Waals surface area contributed by atoms with Crippen molar-refractivity contribution in [2.24, 2.45) is 4.99 Å². The largest absolute Gasteiger partial charge is 0.381 e. The van der Waals surface area contributed by atoms with Crippen molar-refractivity contribution in [3.8, 4) is 0 Å². The number of nitrogens with zero attached hydrogens (tertiary/aromatic N) is 1. The first-order chi connectivity index (χ1) is 14.1. The Bertz CT molecular complexity index is 768. The highest BCUT2D eigenvalue weighted by Crippen LogP contribution is 2.25. The predicted molar refractivity (Wildman–Crippen MR) is 123 cm³/mol. The van der Waals surface area contributed by atoms with E-state index in [4.69, 9.17) is 4.74 Å². The van der Waals surface area contributed by atoms with Crippen LogP contribution in [-0.4, -0.2) is 38.3 Å². The van der Waals surface area contributed by atoms with Crippen molar-refractivity contribution in [2.75, 3.05) is 26.8 Å². The normalized spacial score (nSPS) is 17.7. The molecule has 1 fully saturated rings. The van der Waals surface area contributed by atoms with Gasteiger partial charge in [-0.15, -0.1) is 11.3 Å². The van der Waals surface area contributed by atoms with Crippen molar-refractivity contribution in [2.45, 2.75) is 51.2 Å². The first-order valence-corrected chi connectivity index (χ1v) is 11.4. The zero-order valence-electron chi connectivity index (χ0n) is 17.8. The number of hydrogen-bond donors (Lipinski definition) is 3. The van der Waals surface area contributed by atoms with Crippen LogP contribution in [-0.2, 0) is 17.7 Å². The number of nitrogens with one attached hydrogen (secondary N) is 3. The second-order valence-electron chi connectivity index (χ2n) is 7.67. The summed E-state index contributed by atoms with van der Waals surface area (Å²) in [5.74, 6) is 0.844. The molecule has 2 aromatic rings. The molecule has 1 atom stereocenters. The average Bonchev–Trinajstić information content (AvgIpc) is 3.23. The van der Waals surface area contributed by atoms with Gasteiger partial charge in [-0.05, 0) is 43.9 Å². The third-order valence-electron chi connectivity index (χ3n) is 5.59. The molecule has 5 nitrogen and oxygen atoms in total. The highest BCUT2D eigenvalue weighted by molar-refractivity contribution is 7.11. The molecule has 1 aliphatic heterocycles. The van der Waals surface area contributed by atoms with E-state index in [0.29, 0.717) is 0 Å². The van der Waals surface area contributed by atoms with Crippen molar-refractivity contribution in [3.63, 3.8) is 0 Å². The summed E-state index contributed by atoms with van der Waals surface area (Å²) in [6.07, 6.45) is 3.06. The molecular formula is C23H34N4OS. The van der Waals surface area contributed by atoms with Crippen LogP contribution in [0.5, 0.6) is 0 Å². The van der Waals surface area contributed by atoms with E-state index in [1.807, 2.05) is 18.4 Å². The summed E-state index contributed by atoms with van der Waals surface area (Å²) in [5.41, 5.74) is 1.30. The van der Waals surface area contributed by atoms with Gasteiger partial charge >= 0.3 is 0 Å². The Morgan fingerprint density at radius 1 is 1.10 bits per heavy atom. The van der Waals surface area contributed by atoms with E-state index in [2.05, 4.69) is 77.3 Å². The highest BCUT2D eigenvalue weighted by atomic mass is 32.1. The molecule has 1 aliphatic rings. The molecule has 0 amide bonds. The molecule has 6 heteroatoms. The maximum Gasteiger partial charge on any atom is 0.191 e. The van der Waals surface area contributed by atoms with Crippen LogP contribution >= 0.6 is 11.3 Å². The Kier molecular flexibility index (Phi) is 8.09. The molecule has 1 aromatic carbocycles. The van der Waals surface area contributed by atoms with Crippen molar-refractivity contribution < 1.29 is 4.74 Å². The molecule has 3 N–H and O–H groups in total. The predicted octanol–water partition coefficient (Wildman–Crippen LogP) is 3.88. The van der Waals surface area contributed by atoms with E-state index in [1.54, 1.807) is 0 Å². The van der Waals surface area contributed by atoms with Crippen LogP contribution in [0.3, 0.4) is 0 Å². The van der Waals surface area contributed by atoms with Crippen LogP contribution in [0.15, 0.2) is 47.5 Å². The second kappa shape index (κ2) is 10.8. The molecule has 0 aliphatic carbocycles. The number of benzene rings is 1. The quantitative estimate of drug-likeness (QED) is 0.453. The van der Waals surface area contributed by atoms with Crippen LogP contribution in [0.25, 0.3) is 0 Å². The van der Waals surface area contributed by atoms with Crippen LogP contribution in [0.4, 0.5) is 0 Å². The minimum absolute atomic E-state index is 0.0105. The van der Waals surface area contributed by atoms with Gasteiger partial charge in [0, 0.05) is 48.1 Å². The lowest BCUT2D eigenvalue weighted by Gasteiger charge is -2.41. The summed E-state index contributed by atoms with van der Waals surface area (Å²) in [4.78, 5) is 7.18. The fraction of sp³-hybridized carbons (Fsp3) is 0.522. The van der Waals surface area contributed by atoms with Crippen molar-refractivity contribution >= 4 is 17.3 Å². The van der Waals surface area contributed by atoms with Gasteiger partial charge in [-0.3, -0.25) is 4.99 Å². The number of hydrogen-bond acceptors (Lipinski definition) is 4. The third-order valence-corrected chi connectivity index (χ3v) is 6.82. The smallest absolute Gasteiger partial charge is 0.191 e. The first kappa shape index (κ1) is 21.8. The fourth-order valence-electron chi connectivity index (χ4n) is 3.77. The zero-order chi connectivity index (χ0) is 20.5. The molecule has 158 valence electrons. The number of guanidine groups is 1. The van der Waals surface area contributed by atoms with Crippen molar-refractivity contribution in [1.29, 1.82) is 0 Å². The van der Waals surface area contributed by atoms with E-state index < -0.39 is 0 Å². The molecule has 0 saturated carbocycles. The molecule has 0 spiro atoms. The molecule has 3 rings (SSSR count). The van der Waals surface area contributed by atoms with Crippen molar-refractivity contribution in [1.82, 2.24) is 16.0 Å². The van der Waals surface area contributed by atoms with Gasteiger partial charge in [0.25, 0.3) is 0 Å². The molecule has 1 unspecified atom stereocenters. The highest BCUT2D eigenvalue weighted by Gasteiger charge is 2.34. The van der Waals surface area contributed by atoms with Gasteiger partial charge in [-0.2, -0.15) is 0 Å². The summed E-state index contributed by atoms with van der Waals surface area (Å²) >= 11 is 1.86. The van der Waals surface area contributed by atoms with Crippen molar-refractivity contribution in [3.05, 3.63) is 57.8 Å². The second-order valence-corrected chi connectivity index (χ2v) is 8.92. The Morgan fingerprint density at radius 3 is 2.48 bits per heavy atom. The standard InChI is InChI=1S/C23H34N4OS/c1-4-20-10-11-21(29-20)16-25-22(24-3)26-17-23(12-14-28-15-13-23)27-18(2)19-8-6-5-7-9-19/h5-11,18,27H,4,12-17H2,1-3H3,(H2,24,25,26). The molecule has 0 radical (unpaired) electrons. The van der Waals surface area contributed by atoms with E-state index >= 15 is 0 Å². The molecule has 1 saturated heterocycles. The third kappa shape index (κ3) is 6.29. The lowest BCUT2D eigenvalue weighted by Crippen LogP contribution is -2.58. The van der Waals surface area contributed by atoms with E-state index in [-0.39, 0.29) is 11.6 Å². The summed E-state index contributed by atoms with van der Waals surface area (Å²) in [6, 6.07) is 15.3. The van der Waals surface area contributed by atoms with Gasteiger partial charge in [0.1, 0.15) is 0 Å². The molecule has 29 heavy (non-hydrogen) atoms. The maximum absolute atomic E-state index is 5.65. The zero-order valence-corrected chi connectivity index (χ0v) is 18.6. The summed E-state index contributed by atoms with van der Waals surface area (Å²) in [6.45, 7) is 7.63. The number of aryl methyl sites for hydroxylation is 1. The lowest BCUT2D eigenvalue weighted by atomic mass is 9.88. The summed E-state index contributed by atoms with van der Waals surface area (Å²) in [5, 5.41) is 10.9. The summed E-state index contributed by atoms with van der Waals surface area (Å²) < 4.78 is 5.65. The van der Waals surface area contributed by atoms with E-state index in [1.165, 1.54) is 15.3 Å². The van der Waals surface area contributed by atoms with E-state index in [0.717, 1.165) is 51.5 Å². The minimum atomic E-state index is -0.0105. The number of aliphatic imine (C=N–C) groups is 1.